The van der Waals surface area contributed by atoms with E-state index in [1.165, 1.54) is 31.2 Å². The van der Waals surface area contributed by atoms with Crippen molar-refractivity contribution in [3.8, 4) is 5.75 Å². The van der Waals surface area contributed by atoms with E-state index in [-0.39, 0.29) is 0 Å². The minimum atomic E-state index is 0.357. The molecule has 1 aliphatic rings. The first-order valence-corrected chi connectivity index (χ1v) is 8.03. The van der Waals surface area contributed by atoms with E-state index in [4.69, 9.17) is 9.47 Å². The molecule has 1 atom stereocenters. The van der Waals surface area contributed by atoms with E-state index in [0.29, 0.717) is 18.1 Å². The highest BCUT2D eigenvalue weighted by Gasteiger charge is 2.34. The molecule has 0 aromatic heterocycles. The highest BCUT2D eigenvalue weighted by atomic mass is 16.5. The molecule has 0 aliphatic heterocycles. The fourth-order valence-corrected chi connectivity index (χ4v) is 3.16. The third kappa shape index (κ3) is 3.78. The van der Waals surface area contributed by atoms with Crippen LogP contribution in [-0.4, -0.2) is 20.8 Å². The van der Waals surface area contributed by atoms with Gasteiger partial charge >= 0.3 is 0 Å². The fraction of sp³-hybridized carbons (Fsp3) is 0.667. The molecule has 1 saturated carbocycles. The van der Waals surface area contributed by atoms with Crippen LogP contribution in [0.5, 0.6) is 5.75 Å². The first kappa shape index (κ1) is 16.3. The van der Waals surface area contributed by atoms with Crippen LogP contribution in [0, 0.1) is 5.41 Å². The van der Waals surface area contributed by atoms with Gasteiger partial charge in [-0.3, -0.25) is 0 Å². The minimum Gasteiger partial charge on any atom is -0.496 e. The third-order valence-corrected chi connectivity index (χ3v) is 5.05. The number of rotatable bonds is 8. The molecule has 0 spiro atoms. The van der Waals surface area contributed by atoms with E-state index in [0.717, 1.165) is 17.9 Å². The maximum atomic E-state index is 5.39. The first-order chi connectivity index (χ1) is 10.1. The number of ether oxygens (including phenoxy) is 2. The van der Waals surface area contributed by atoms with Crippen molar-refractivity contribution in [1.29, 1.82) is 0 Å². The van der Waals surface area contributed by atoms with Gasteiger partial charge in [0.25, 0.3) is 0 Å². The lowest BCUT2D eigenvalue weighted by Gasteiger charge is -2.42. The molecule has 0 amide bonds. The summed E-state index contributed by atoms with van der Waals surface area (Å²) >= 11 is 0. The zero-order chi connectivity index (χ0) is 15.3. The summed E-state index contributed by atoms with van der Waals surface area (Å²) in [5.41, 5.74) is 2.96. The fourth-order valence-electron chi connectivity index (χ4n) is 3.16. The molecule has 0 heterocycles. The normalized spacial score (nSPS) is 18.1. The summed E-state index contributed by atoms with van der Waals surface area (Å²) in [6.07, 6.45) is 5.43. The number of hydrogen-bond acceptors (Lipinski definition) is 3. The Morgan fingerprint density at radius 3 is 2.57 bits per heavy atom. The molecule has 0 bridgehead atoms. The van der Waals surface area contributed by atoms with Crippen molar-refractivity contribution in [2.24, 2.45) is 5.41 Å². The summed E-state index contributed by atoms with van der Waals surface area (Å²) in [4.78, 5) is 0. The minimum absolute atomic E-state index is 0.357. The Bertz CT molecular complexity index is 449. The molecule has 1 N–H and O–H groups in total. The lowest BCUT2D eigenvalue weighted by Crippen LogP contribution is -2.40. The summed E-state index contributed by atoms with van der Waals surface area (Å²) < 4.78 is 10.7. The average Bonchev–Trinajstić information content (AvgIpc) is 2.46. The van der Waals surface area contributed by atoms with Gasteiger partial charge < -0.3 is 14.8 Å². The van der Waals surface area contributed by atoms with Gasteiger partial charge in [0.15, 0.2) is 0 Å². The van der Waals surface area contributed by atoms with Gasteiger partial charge in [-0.2, -0.15) is 0 Å². The zero-order valence-corrected chi connectivity index (χ0v) is 13.9. The molecule has 1 fully saturated rings. The molecule has 3 nitrogen and oxygen atoms in total. The Balaban J connectivity index is 2.01. The molecular weight excluding hydrogens is 262 g/mol. The van der Waals surface area contributed by atoms with Crippen molar-refractivity contribution < 1.29 is 9.47 Å². The molecule has 118 valence electrons. The SMILES string of the molecule is CCC1(CNC(C)c2ccc(OC)c(COC)c2)CCC1. The Morgan fingerprint density at radius 2 is 2.05 bits per heavy atom. The smallest absolute Gasteiger partial charge is 0.124 e. The molecule has 1 aromatic carbocycles. The van der Waals surface area contributed by atoms with E-state index >= 15 is 0 Å². The highest BCUT2D eigenvalue weighted by molar-refractivity contribution is 5.38. The second-order valence-corrected chi connectivity index (χ2v) is 6.31. The van der Waals surface area contributed by atoms with E-state index in [2.05, 4.69) is 31.3 Å². The molecule has 1 unspecified atom stereocenters. The number of hydrogen-bond donors (Lipinski definition) is 1. The quantitative estimate of drug-likeness (QED) is 0.783. The maximum Gasteiger partial charge on any atom is 0.124 e. The van der Waals surface area contributed by atoms with E-state index in [1.54, 1.807) is 14.2 Å². The summed E-state index contributed by atoms with van der Waals surface area (Å²) in [6, 6.07) is 6.74. The van der Waals surface area contributed by atoms with Gasteiger partial charge in [-0.15, -0.1) is 0 Å². The van der Waals surface area contributed by atoms with E-state index in [1.807, 2.05) is 6.07 Å². The number of benzene rings is 1. The van der Waals surface area contributed by atoms with Crippen LogP contribution in [0.15, 0.2) is 18.2 Å². The van der Waals surface area contributed by atoms with Crippen LogP contribution < -0.4 is 10.1 Å². The van der Waals surface area contributed by atoms with Gasteiger partial charge in [-0.1, -0.05) is 19.4 Å². The third-order valence-electron chi connectivity index (χ3n) is 5.05. The van der Waals surface area contributed by atoms with Crippen LogP contribution in [0.3, 0.4) is 0 Å². The van der Waals surface area contributed by atoms with Gasteiger partial charge in [-0.05, 0) is 49.3 Å². The lowest BCUT2D eigenvalue weighted by molar-refractivity contribution is 0.120. The molecule has 0 saturated heterocycles. The molecule has 1 aliphatic carbocycles. The molecule has 21 heavy (non-hydrogen) atoms. The van der Waals surface area contributed by atoms with Crippen LogP contribution in [0.25, 0.3) is 0 Å². The van der Waals surface area contributed by atoms with Gasteiger partial charge in [-0.25, -0.2) is 0 Å². The van der Waals surface area contributed by atoms with Crippen LogP contribution in [0.2, 0.25) is 0 Å². The number of methoxy groups -OCH3 is 2. The summed E-state index contributed by atoms with van der Waals surface area (Å²) in [6.45, 7) is 6.26. The zero-order valence-electron chi connectivity index (χ0n) is 13.9. The Hall–Kier alpha value is -1.06. The monoisotopic (exact) mass is 291 g/mol. The Morgan fingerprint density at radius 1 is 1.29 bits per heavy atom. The second-order valence-electron chi connectivity index (χ2n) is 6.31. The van der Waals surface area contributed by atoms with E-state index < -0.39 is 0 Å². The predicted molar refractivity (Wildman–Crippen MR) is 86.7 cm³/mol. The highest BCUT2D eigenvalue weighted by Crippen LogP contribution is 2.43. The predicted octanol–water partition coefficient (Wildman–Crippen LogP) is 4.07. The largest absolute Gasteiger partial charge is 0.496 e. The van der Waals surface area contributed by atoms with Gasteiger partial charge in [0.2, 0.25) is 0 Å². The standard InChI is InChI=1S/C18H29NO2/c1-5-18(9-6-10-18)13-19-14(2)15-7-8-17(21-4)16(11-15)12-20-3/h7-8,11,14,19H,5-6,9-10,12-13H2,1-4H3. The van der Waals surface area contributed by atoms with Crippen molar-refractivity contribution >= 4 is 0 Å². The van der Waals surface area contributed by atoms with Crippen LogP contribution in [-0.2, 0) is 11.3 Å². The topological polar surface area (TPSA) is 30.5 Å². The van der Waals surface area contributed by atoms with Crippen LogP contribution in [0.1, 0.15) is 56.7 Å². The molecular formula is C18H29NO2. The van der Waals surface area contributed by atoms with Gasteiger partial charge in [0.05, 0.1) is 13.7 Å². The summed E-state index contributed by atoms with van der Waals surface area (Å²) in [7, 11) is 3.42. The van der Waals surface area contributed by atoms with Crippen LogP contribution in [0.4, 0.5) is 0 Å². The molecule has 2 rings (SSSR count). The van der Waals surface area contributed by atoms with Crippen molar-refractivity contribution in [1.82, 2.24) is 5.32 Å². The number of nitrogens with one attached hydrogen (secondary N) is 1. The van der Waals surface area contributed by atoms with Crippen molar-refractivity contribution in [2.75, 3.05) is 20.8 Å². The van der Waals surface area contributed by atoms with Gasteiger partial charge in [0, 0.05) is 25.3 Å². The van der Waals surface area contributed by atoms with Crippen LogP contribution >= 0.6 is 0 Å². The summed E-state index contributed by atoms with van der Waals surface area (Å²) in [5, 5.41) is 3.72. The summed E-state index contributed by atoms with van der Waals surface area (Å²) in [5.74, 6) is 0.900. The Kier molecular flexibility index (Phi) is 5.65. The van der Waals surface area contributed by atoms with E-state index in [9.17, 15) is 0 Å². The Labute approximate surface area is 129 Å². The van der Waals surface area contributed by atoms with Crippen molar-refractivity contribution in [3.05, 3.63) is 29.3 Å². The first-order valence-electron chi connectivity index (χ1n) is 8.03. The average molecular weight is 291 g/mol. The van der Waals surface area contributed by atoms with Gasteiger partial charge in [0.1, 0.15) is 5.75 Å². The molecule has 3 heteroatoms. The van der Waals surface area contributed by atoms with Crippen molar-refractivity contribution in [3.63, 3.8) is 0 Å². The lowest BCUT2D eigenvalue weighted by atomic mass is 9.67. The van der Waals surface area contributed by atoms with Crippen molar-refractivity contribution in [2.45, 2.75) is 52.2 Å². The molecule has 0 radical (unpaired) electrons. The maximum absolute atomic E-state index is 5.39. The molecule has 1 aromatic rings. The second kappa shape index (κ2) is 7.28.